The van der Waals surface area contributed by atoms with Crippen LogP contribution in [-0.4, -0.2) is 25.2 Å². The molecule has 0 aliphatic rings. The van der Waals surface area contributed by atoms with Gasteiger partial charge in [-0.1, -0.05) is 27.0 Å². The Morgan fingerprint density at radius 1 is 0.826 bits per heavy atom. The molecule has 0 rings (SSSR count). The zero-order chi connectivity index (χ0) is 18.2. The molecule has 0 atom stereocenters. The Kier molecular flexibility index (Phi) is 55.1. The molecule has 0 aromatic carbocycles. The van der Waals surface area contributed by atoms with E-state index in [-0.39, 0.29) is 38.1 Å². The van der Waals surface area contributed by atoms with Crippen molar-refractivity contribution in [3.05, 3.63) is 53.0 Å². The maximum absolute atomic E-state index is 10.2. The fourth-order valence-electron chi connectivity index (χ4n) is 0.463. The van der Waals surface area contributed by atoms with Gasteiger partial charge in [-0.05, 0) is 0 Å². The van der Waals surface area contributed by atoms with Gasteiger partial charge in [-0.25, -0.2) is 9.59 Å². The second kappa shape index (κ2) is 37.5. The van der Waals surface area contributed by atoms with Crippen molar-refractivity contribution in [2.75, 3.05) is 13.2 Å². The molecular formula is C18H32O4Zr. The molecule has 0 N–H and O–H groups in total. The Labute approximate surface area is 162 Å². The summed E-state index contributed by atoms with van der Waals surface area (Å²) in [7, 11) is 0. The third kappa shape index (κ3) is 62.1. The van der Waals surface area contributed by atoms with Crippen LogP contribution in [0.25, 0.3) is 0 Å². The summed E-state index contributed by atoms with van der Waals surface area (Å²) in [6.45, 7) is 25.2. The van der Waals surface area contributed by atoms with Crippen molar-refractivity contribution in [3.8, 4) is 0 Å². The van der Waals surface area contributed by atoms with Gasteiger partial charge in [0.2, 0.25) is 0 Å². The first kappa shape index (κ1) is 33.8. The minimum absolute atomic E-state index is 0. The number of hydrogen-bond acceptors (Lipinski definition) is 4. The molecule has 0 saturated carbocycles. The van der Waals surface area contributed by atoms with Gasteiger partial charge < -0.3 is 37.2 Å². The van der Waals surface area contributed by atoms with Crippen molar-refractivity contribution in [1.29, 1.82) is 0 Å². The van der Waals surface area contributed by atoms with Crippen LogP contribution in [0.5, 0.6) is 0 Å². The maximum atomic E-state index is 10.2. The fourth-order valence-corrected chi connectivity index (χ4v) is 0.463. The van der Waals surface area contributed by atoms with Crippen LogP contribution in [-0.2, 0) is 45.3 Å². The Hall–Kier alpha value is -0.697. The van der Waals surface area contributed by atoms with Crippen LogP contribution in [0.1, 0.15) is 39.5 Å². The fraction of sp³-hybridized carbons (Fsp3) is 0.444. The molecule has 5 heteroatoms. The summed E-state index contributed by atoms with van der Waals surface area (Å²) in [5.41, 5.74) is 0. The molecule has 0 unspecified atom stereocenters. The number of rotatable bonds is 6. The third-order valence-corrected chi connectivity index (χ3v) is 1.11. The van der Waals surface area contributed by atoms with Crippen molar-refractivity contribution < 1.29 is 45.3 Å². The first-order chi connectivity index (χ1) is 10.4. The second-order valence-electron chi connectivity index (χ2n) is 3.45. The molecule has 0 bridgehead atoms. The number of carbonyl (C=O) groups excluding carboxylic acids is 2. The summed E-state index contributed by atoms with van der Waals surface area (Å²) >= 11 is 0. The summed E-state index contributed by atoms with van der Waals surface area (Å²) in [4.78, 5) is 20.4. The van der Waals surface area contributed by atoms with E-state index in [4.69, 9.17) is 0 Å². The molecule has 0 fully saturated rings. The van der Waals surface area contributed by atoms with Crippen LogP contribution in [0.3, 0.4) is 0 Å². The monoisotopic (exact) mass is 402 g/mol. The van der Waals surface area contributed by atoms with Gasteiger partial charge in [-0.3, -0.25) is 0 Å². The van der Waals surface area contributed by atoms with Crippen LogP contribution < -0.4 is 0 Å². The molecular weight excluding hydrogens is 371 g/mol. The molecule has 0 amide bonds. The van der Waals surface area contributed by atoms with E-state index in [0.29, 0.717) is 26.1 Å². The van der Waals surface area contributed by atoms with E-state index >= 15 is 0 Å². The second-order valence-corrected chi connectivity index (χ2v) is 3.45. The Morgan fingerprint density at radius 2 is 1.04 bits per heavy atom. The van der Waals surface area contributed by atoms with E-state index in [9.17, 15) is 9.59 Å². The number of esters is 2. The van der Waals surface area contributed by atoms with Gasteiger partial charge >= 0.3 is 38.1 Å². The zero-order valence-electron chi connectivity index (χ0n) is 14.8. The molecule has 132 valence electrons. The van der Waals surface area contributed by atoms with E-state index in [1.54, 1.807) is 0 Å². The van der Waals surface area contributed by atoms with Gasteiger partial charge in [-0.15, -0.1) is 12.8 Å². The molecule has 0 aromatic rings. The van der Waals surface area contributed by atoms with E-state index in [0.717, 1.165) is 25.0 Å². The first-order valence-electron chi connectivity index (χ1n) is 7.20. The molecule has 0 radical (unpaired) electrons. The van der Waals surface area contributed by atoms with E-state index in [1.165, 1.54) is 0 Å². The molecule has 0 aliphatic heterocycles. The number of carbonyl (C=O) groups is 2. The van der Waals surface area contributed by atoms with Crippen LogP contribution in [0.15, 0.2) is 25.3 Å². The van der Waals surface area contributed by atoms with Crippen LogP contribution in [0.2, 0.25) is 0 Å². The van der Waals surface area contributed by atoms with E-state index < -0.39 is 0 Å². The van der Waals surface area contributed by atoms with E-state index in [2.05, 4.69) is 50.3 Å². The van der Waals surface area contributed by atoms with Crippen LogP contribution in [0, 0.1) is 27.7 Å². The van der Waals surface area contributed by atoms with Crippen molar-refractivity contribution in [3.63, 3.8) is 0 Å². The van der Waals surface area contributed by atoms with Crippen LogP contribution in [0.4, 0.5) is 0 Å². The van der Waals surface area contributed by atoms with Crippen molar-refractivity contribution >= 4 is 11.9 Å². The van der Waals surface area contributed by atoms with E-state index in [1.807, 2.05) is 13.8 Å². The normalized spacial score (nSPS) is 7.22. The molecule has 0 aliphatic carbocycles. The summed E-state index contributed by atoms with van der Waals surface area (Å²) in [5, 5.41) is 0. The topological polar surface area (TPSA) is 52.6 Å². The molecule has 4 nitrogen and oxygen atoms in total. The van der Waals surface area contributed by atoms with Crippen molar-refractivity contribution in [1.82, 2.24) is 0 Å². The minimum Gasteiger partial charge on any atom is -0.465 e. The van der Waals surface area contributed by atoms with Gasteiger partial charge in [0.25, 0.3) is 0 Å². The largest absolute Gasteiger partial charge is 4.00 e. The first-order valence-corrected chi connectivity index (χ1v) is 7.20. The summed E-state index contributed by atoms with van der Waals surface area (Å²) < 4.78 is 9.04. The smallest absolute Gasteiger partial charge is 0.465 e. The summed E-state index contributed by atoms with van der Waals surface area (Å²) in [6, 6.07) is 0. The Bertz CT molecular complexity index is 227. The molecule has 0 heterocycles. The predicted octanol–water partition coefficient (Wildman–Crippen LogP) is 4.34. The molecule has 0 aromatic heterocycles. The average Bonchev–Trinajstić information content (AvgIpc) is 2.52. The quantitative estimate of drug-likeness (QED) is 0.376. The van der Waals surface area contributed by atoms with Gasteiger partial charge in [0, 0.05) is 12.2 Å². The zero-order valence-corrected chi connectivity index (χ0v) is 17.2. The van der Waals surface area contributed by atoms with Crippen molar-refractivity contribution in [2.24, 2.45) is 0 Å². The summed E-state index contributed by atoms with van der Waals surface area (Å²) in [5.74, 6) is -0.762. The number of ether oxygens (including phenoxy) is 2. The predicted molar refractivity (Wildman–Crippen MR) is 93.6 cm³/mol. The molecule has 0 spiro atoms. The summed E-state index contributed by atoms with van der Waals surface area (Å²) in [6.07, 6.45) is 5.49. The van der Waals surface area contributed by atoms with Gasteiger partial charge in [0.1, 0.15) is 0 Å². The maximum Gasteiger partial charge on any atom is 4.00 e. The third-order valence-electron chi connectivity index (χ3n) is 1.11. The average molecular weight is 404 g/mol. The van der Waals surface area contributed by atoms with Crippen LogP contribution >= 0.6 is 0 Å². The molecule has 0 saturated heterocycles. The number of hydrogen-bond donors (Lipinski definition) is 0. The van der Waals surface area contributed by atoms with Crippen molar-refractivity contribution in [2.45, 2.75) is 39.5 Å². The van der Waals surface area contributed by atoms with Gasteiger partial charge in [0.05, 0.1) is 13.2 Å². The minimum atomic E-state index is -0.381. The SMILES string of the molecule is C=CC(=O)OCC[CH2-].C=CC(=O)OCC[CH2-].[CH2-]CC.[CH2-]CC.[Zr+4]. The van der Waals surface area contributed by atoms with Gasteiger partial charge in [0.15, 0.2) is 0 Å². The van der Waals surface area contributed by atoms with Gasteiger partial charge in [-0.2, -0.15) is 12.8 Å². The Morgan fingerprint density at radius 3 is 1.17 bits per heavy atom. The molecule has 23 heavy (non-hydrogen) atoms. The standard InChI is InChI=1S/2C6H9O2.2C3H7.Zr/c2*1-3-5-8-6(7)4-2;2*1-3-2;/h2*4H,1-3,5H2;2*1,3H2,2H3;/q4*-1;+4. The Balaban J connectivity index is -0.0000000680.